The minimum absolute atomic E-state index is 0.169. The molecule has 5 nitrogen and oxygen atoms in total. The number of rotatable bonds is 5. The van der Waals surface area contributed by atoms with Crippen LogP contribution in [0.25, 0.3) is 0 Å². The maximum absolute atomic E-state index is 12.3. The number of hydrogen-bond acceptors (Lipinski definition) is 4. The number of amides is 1. The first kappa shape index (κ1) is 15.9. The molecule has 1 amide bonds. The molecule has 2 heterocycles. The molecule has 1 aromatic rings. The van der Waals surface area contributed by atoms with Crippen LogP contribution in [0.5, 0.6) is 0 Å². The van der Waals surface area contributed by atoms with Crippen LogP contribution in [0, 0.1) is 6.92 Å². The number of likely N-dealkylation sites (N-methyl/N-ethyl adjacent to an activating group) is 2. The topological polar surface area (TPSA) is 39.7 Å². The third-order valence-electron chi connectivity index (χ3n) is 4.07. The summed E-state index contributed by atoms with van der Waals surface area (Å²) in [6.45, 7) is 10.5. The highest BCUT2D eigenvalue weighted by Gasteiger charge is 2.19. The Labute approximate surface area is 127 Å². The fourth-order valence-corrected chi connectivity index (χ4v) is 2.50. The zero-order valence-corrected chi connectivity index (χ0v) is 13.4. The van der Waals surface area contributed by atoms with E-state index in [2.05, 4.69) is 21.7 Å². The van der Waals surface area contributed by atoms with Crippen LogP contribution < -0.4 is 0 Å². The molecule has 0 aromatic carbocycles. The van der Waals surface area contributed by atoms with Crippen LogP contribution in [0.1, 0.15) is 18.2 Å². The van der Waals surface area contributed by atoms with Crippen LogP contribution in [-0.4, -0.2) is 71.9 Å². The van der Waals surface area contributed by atoms with Gasteiger partial charge in [0.2, 0.25) is 5.91 Å². The molecule has 1 saturated heterocycles. The molecule has 0 bridgehead atoms. The molecule has 0 N–H and O–H groups in total. The second-order valence-electron chi connectivity index (χ2n) is 5.79. The molecule has 0 unspecified atom stereocenters. The van der Waals surface area contributed by atoms with Crippen LogP contribution in [0.4, 0.5) is 0 Å². The molecule has 0 aliphatic carbocycles. The highest BCUT2D eigenvalue weighted by atomic mass is 16.2. The van der Waals surface area contributed by atoms with Crippen molar-refractivity contribution in [1.29, 1.82) is 0 Å². The summed E-state index contributed by atoms with van der Waals surface area (Å²) in [5, 5.41) is 0. The lowest BCUT2D eigenvalue weighted by atomic mass is 10.2. The first-order valence-electron chi connectivity index (χ1n) is 7.68. The van der Waals surface area contributed by atoms with Gasteiger partial charge in [0, 0.05) is 39.4 Å². The Bertz CT molecular complexity index is 452. The van der Waals surface area contributed by atoms with Gasteiger partial charge in [-0.2, -0.15) is 0 Å². The lowest BCUT2D eigenvalue weighted by Gasteiger charge is -2.34. The fourth-order valence-electron chi connectivity index (χ4n) is 2.50. The van der Waals surface area contributed by atoms with Crippen LogP contribution in [-0.2, 0) is 11.3 Å². The van der Waals surface area contributed by atoms with Gasteiger partial charge in [-0.3, -0.25) is 14.7 Å². The monoisotopic (exact) mass is 290 g/mol. The van der Waals surface area contributed by atoms with E-state index >= 15 is 0 Å². The summed E-state index contributed by atoms with van der Waals surface area (Å²) in [5.74, 6) is 0.169. The van der Waals surface area contributed by atoms with Crippen molar-refractivity contribution >= 4 is 5.91 Å². The van der Waals surface area contributed by atoms with Gasteiger partial charge in [0.1, 0.15) is 0 Å². The van der Waals surface area contributed by atoms with Gasteiger partial charge in [-0.25, -0.2) is 0 Å². The van der Waals surface area contributed by atoms with Gasteiger partial charge in [0.15, 0.2) is 0 Å². The number of nitrogens with zero attached hydrogens (tertiary/aromatic N) is 4. The van der Waals surface area contributed by atoms with Gasteiger partial charge < -0.3 is 9.80 Å². The van der Waals surface area contributed by atoms with Crippen LogP contribution >= 0.6 is 0 Å². The Hall–Kier alpha value is -1.46. The Balaban J connectivity index is 1.78. The van der Waals surface area contributed by atoms with Crippen molar-refractivity contribution < 1.29 is 4.79 Å². The van der Waals surface area contributed by atoms with E-state index in [0.29, 0.717) is 13.1 Å². The van der Waals surface area contributed by atoms with Crippen LogP contribution in [0.2, 0.25) is 0 Å². The quantitative estimate of drug-likeness (QED) is 0.811. The van der Waals surface area contributed by atoms with Crippen molar-refractivity contribution in [1.82, 2.24) is 19.7 Å². The van der Waals surface area contributed by atoms with Crippen LogP contribution in [0.3, 0.4) is 0 Å². The molecule has 1 aromatic heterocycles. The molecule has 21 heavy (non-hydrogen) atoms. The molecular weight excluding hydrogens is 264 g/mol. The highest BCUT2D eigenvalue weighted by molar-refractivity contribution is 5.77. The second-order valence-corrected chi connectivity index (χ2v) is 5.79. The molecule has 2 rings (SSSR count). The molecule has 0 radical (unpaired) electrons. The summed E-state index contributed by atoms with van der Waals surface area (Å²) >= 11 is 0. The Morgan fingerprint density at radius 1 is 1.24 bits per heavy atom. The maximum atomic E-state index is 12.3. The molecular formula is C16H26N4O. The number of carbonyl (C=O) groups is 1. The number of hydrogen-bond donors (Lipinski definition) is 0. The maximum Gasteiger partial charge on any atom is 0.236 e. The molecule has 0 atom stereocenters. The van der Waals surface area contributed by atoms with E-state index in [1.165, 1.54) is 0 Å². The Morgan fingerprint density at radius 3 is 2.48 bits per heavy atom. The van der Waals surface area contributed by atoms with Crippen molar-refractivity contribution in [3.63, 3.8) is 0 Å². The van der Waals surface area contributed by atoms with E-state index in [1.54, 1.807) is 4.90 Å². The second kappa shape index (κ2) is 7.52. The first-order valence-corrected chi connectivity index (χ1v) is 7.68. The third-order valence-corrected chi connectivity index (χ3v) is 4.07. The van der Waals surface area contributed by atoms with Crippen molar-refractivity contribution in [2.75, 3.05) is 46.3 Å². The Morgan fingerprint density at radius 2 is 1.90 bits per heavy atom. The van der Waals surface area contributed by atoms with E-state index in [4.69, 9.17) is 0 Å². The van der Waals surface area contributed by atoms with Crippen molar-refractivity contribution in [3.8, 4) is 0 Å². The van der Waals surface area contributed by atoms with E-state index in [0.717, 1.165) is 44.0 Å². The number of aryl methyl sites for hydroxylation is 1. The minimum atomic E-state index is 0.169. The van der Waals surface area contributed by atoms with Gasteiger partial charge in [-0.1, -0.05) is 13.0 Å². The number of carbonyl (C=O) groups excluding carboxylic acids is 1. The van der Waals surface area contributed by atoms with Crippen molar-refractivity contribution in [2.24, 2.45) is 0 Å². The van der Waals surface area contributed by atoms with E-state index in [1.807, 2.05) is 32.3 Å². The first-order chi connectivity index (χ1) is 10.1. The summed E-state index contributed by atoms with van der Waals surface area (Å²) in [6, 6.07) is 4.02. The summed E-state index contributed by atoms with van der Waals surface area (Å²) in [6.07, 6.45) is 1.84. The molecule has 5 heteroatoms. The summed E-state index contributed by atoms with van der Waals surface area (Å²) in [5.41, 5.74) is 2.08. The standard InChI is InChI=1S/C16H26N4O/c1-4-19-7-9-20(10-8-19)13-16(21)18(3)12-15-6-5-14(2)11-17-15/h5-6,11H,4,7-10,12-13H2,1-3H3. The lowest BCUT2D eigenvalue weighted by molar-refractivity contribution is -0.132. The molecule has 116 valence electrons. The van der Waals surface area contributed by atoms with Gasteiger partial charge in [0.25, 0.3) is 0 Å². The fraction of sp³-hybridized carbons (Fsp3) is 0.625. The third kappa shape index (κ3) is 4.79. The van der Waals surface area contributed by atoms with Gasteiger partial charge in [-0.05, 0) is 25.1 Å². The van der Waals surface area contributed by atoms with E-state index in [-0.39, 0.29) is 5.91 Å². The van der Waals surface area contributed by atoms with E-state index < -0.39 is 0 Å². The number of pyridine rings is 1. The largest absolute Gasteiger partial charge is 0.339 e. The lowest BCUT2D eigenvalue weighted by Crippen LogP contribution is -2.49. The SMILES string of the molecule is CCN1CCN(CC(=O)N(C)Cc2ccc(C)cn2)CC1. The summed E-state index contributed by atoms with van der Waals surface area (Å²) in [4.78, 5) is 23.1. The van der Waals surface area contributed by atoms with E-state index in [9.17, 15) is 4.79 Å². The molecule has 0 saturated carbocycles. The average molecular weight is 290 g/mol. The number of aromatic nitrogens is 1. The summed E-state index contributed by atoms with van der Waals surface area (Å²) < 4.78 is 0. The predicted molar refractivity (Wildman–Crippen MR) is 84.0 cm³/mol. The highest BCUT2D eigenvalue weighted by Crippen LogP contribution is 2.05. The minimum Gasteiger partial charge on any atom is -0.339 e. The van der Waals surface area contributed by atoms with Crippen LogP contribution in [0.15, 0.2) is 18.3 Å². The number of piperazine rings is 1. The molecule has 1 aliphatic heterocycles. The van der Waals surface area contributed by atoms with Gasteiger partial charge in [-0.15, -0.1) is 0 Å². The van der Waals surface area contributed by atoms with Crippen molar-refractivity contribution in [3.05, 3.63) is 29.6 Å². The normalized spacial score (nSPS) is 16.9. The molecule has 1 fully saturated rings. The Kier molecular flexibility index (Phi) is 5.70. The zero-order chi connectivity index (χ0) is 15.2. The molecule has 1 aliphatic rings. The zero-order valence-electron chi connectivity index (χ0n) is 13.4. The smallest absolute Gasteiger partial charge is 0.236 e. The molecule has 0 spiro atoms. The predicted octanol–water partition coefficient (Wildman–Crippen LogP) is 0.986. The summed E-state index contributed by atoms with van der Waals surface area (Å²) in [7, 11) is 1.85. The van der Waals surface area contributed by atoms with Gasteiger partial charge >= 0.3 is 0 Å². The van der Waals surface area contributed by atoms with Gasteiger partial charge in [0.05, 0.1) is 18.8 Å². The van der Waals surface area contributed by atoms with Crippen molar-refractivity contribution in [2.45, 2.75) is 20.4 Å². The average Bonchev–Trinajstić information content (AvgIpc) is 2.50.